The second-order valence-corrected chi connectivity index (χ2v) is 3.94. The molecule has 1 aromatic rings. The number of aliphatic hydroxyl groups excluding tert-OH is 1. The monoisotopic (exact) mass is 238 g/mol. The van der Waals surface area contributed by atoms with Crippen LogP contribution in [0.25, 0.3) is 0 Å². The van der Waals surface area contributed by atoms with E-state index >= 15 is 0 Å². The summed E-state index contributed by atoms with van der Waals surface area (Å²) in [4.78, 5) is 10.6. The molecule has 1 rings (SSSR count). The van der Waals surface area contributed by atoms with E-state index in [4.69, 9.17) is 9.84 Å². The Kier molecular flexibility index (Phi) is 5.49. The maximum Gasteiger partial charge on any atom is 0.335 e. The topological polar surface area (TPSA) is 66.8 Å². The fourth-order valence-corrected chi connectivity index (χ4v) is 1.41. The summed E-state index contributed by atoms with van der Waals surface area (Å²) in [5.41, 5.74) is 0.226. The van der Waals surface area contributed by atoms with Gasteiger partial charge in [-0.1, -0.05) is 19.8 Å². The lowest BCUT2D eigenvalue weighted by Crippen LogP contribution is -2.17. The third kappa shape index (κ3) is 4.87. The number of benzene rings is 1. The van der Waals surface area contributed by atoms with E-state index in [0.29, 0.717) is 5.75 Å². The Morgan fingerprint density at radius 2 is 2.00 bits per heavy atom. The first kappa shape index (κ1) is 13.5. The van der Waals surface area contributed by atoms with Crippen LogP contribution in [0.5, 0.6) is 5.75 Å². The third-order valence-corrected chi connectivity index (χ3v) is 2.43. The van der Waals surface area contributed by atoms with Crippen LogP contribution in [0.2, 0.25) is 0 Å². The number of hydrogen-bond donors (Lipinski definition) is 2. The highest BCUT2D eigenvalue weighted by Gasteiger charge is 2.05. The summed E-state index contributed by atoms with van der Waals surface area (Å²) in [5.74, 6) is -0.384. The van der Waals surface area contributed by atoms with Gasteiger partial charge in [-0.25, -0.2) is 4.79 Å². The van der Waals surface area contributed by atoms with Crippen molar-refractivity contribution in [2.75, 3.05) is 6.61 Å². The molecule has 0 heterocycles. The largest absolute Gasteiger partial charge is 0.491 e. The SMILES string of the molecule is CCCCC(O)COc1ccc(C(=O)O)cc1. The van der Waals surface area contributed by atoms with Crippen LogP contribution in [0.3, 0.4) is 0 Å². The standard InChI is InChI=1S/C13H18O4/c1-2-3-4-11(14)9-17-12-7-5-10(6-8-12)13(15)16/h5-8,11,14H,2-4,9H2,1H3,(H,15,16). The summed E-state index contributed by atoms with van der Waals surface area (Å²) in [7, 11) is 0. The molecule has 0 saturated carbocycles. The molecular weight excluding hydrogens is 220 g/mol. The van der Waals surface area contributed by atoms with Crippen molar-refractivity contribution in [1.82, 2.24) is 0 Å². The highest BCUT2D eigenvalue weighted by Crippen LogP contribution is 2.13. The van der Waals surface area contributed by atoms with Crippen LogP contribution in [0, 0.1) is 0 Å². The van der Waals surface area contributed by atoms with E-state index in [-0.39, 0.29) is 12.2 Å². The predicted molar refractivity (Wildman–Crippen MR) is 64.4 cm³/mol. The van der Waals surface area contributed by atoms with E-state index in [0.717, 1.165) is 19.3 Å². The highest BCUT2D eigenvalue weighted by atomic mass is 16.5. The van der Waals surface area contributed by atoms with Gasteiger partial charge < -0.3 is 14.9 Å². The summed E-state index contributed by atoms with van der Waals surface area (Å²) in [6, 6.07) is 6.15. The van der Waals surface area contributed by atoms with Crippen LogP contribution in [0.1, 0.15) is 36.5 Å². The van der Waals surface area contributed by atoms with Gasteiger partial charge in [0.2, 0.25) is 0 Å². The van der Waals surface area contributed by atoms with Crippen molar-refractivity contribution in [3.05, 3.63) is 29.8 Å². The quantitative estimate of drug-likeness (QED) is 0.765. The Morgan fingerprint density at radius 1 is 1.35 bits per heavy atom. The van der Waals surface area contributed by atoms with E-state index in [1.54, 1.807) is 12.1 Å². The lowest BCUT2D eigenvalue weighted by molar-refractivity contribution is 0.0696. The molecule has 0 radical (unpaired) electrons. The highest BCUT2D eigenvalue weighted by molar-refractivity contribution is 5.87. The number of aromatic carboxylic acids is 1. The molecule has 2 N–H and O–H groups in total. The molecule has 1 aromatic carbocycles. The Bertz CT molecular complexity index is 345. The second-order valence-electron chi connectivity index (χ2n) is 3.94. The third-order valence-electron chi connectivity index (χ3n) is 2.43. The number of aliphatic hydroxyl groups is 1. The van der Waals surface area contributed by atoms with E-state index in [9.17, 15) is 9.90 Å². The summed E-state index contributed by atoms with van der Waals surface area (Å²) in [6.07, 6.45) is 2.28. The number of unbranched alkanes of at least 4 members (excludes halogenated alkanes) is 1. The van der Waals surface area contributed by atoms with Crippen molar-refractivity contribution in [3.8, 4) is 5.75 Å². The zero-order valence-electron chi connectivity index (χ0n) is 9.93. The van der Waals surface area contributed by atoms with Crippen molar-refractivity contribution >= 4 is 5.97 Å². The van der Waals surface area contributed by atoms with Gasteiger partial charge >= 0.3 is 5.97 Å². The van der Waals surface area contributed by atoms with Gasteiger partial charge in [0.15, 0.2) is 0 Å². The minimum absolute atomic E-state index is 0.226. The number of carboxylic acids is 1. The average Bonchev–Trinajstić information content (AvgIpc) is 2.34. The number of carboxylic acid groups (broad SMARTS) is 1. The maximum absolute atomic E-state index is 10.6. The molecule has 0 amide bonds. The van der Waals surface area contributed by atoms with Gasteiger partial charge in [0.25, 0.3) is 0 Å². The Morgan fingerprint density at radius 3 is 2.53 bits per heavy atom. The fraction of sp³-hybridized carbons (Fsp3) is 0.462. The van der Waals surface area contributed by atoms with Gasteiger partial charge in [-0.15, -0.1) is 0 Å². The van der Waals surface area contributed by atoms with E-state index in [1.807, 2.05) is 0 Å². The molecule has 4 heteroatoms. The van der Waals surface area contributed by atoms with E-state index in [1.165, 1.54) is 12.1 Å². The Hall–Kier alpha value is -1.55. The molecule has 0 aromatic heterocycles. The van der Waals surface area contributed by atoms with Gasteiger partial charge in [0, 0.05) is 0 Å². The van der Waals surface area contributed by atoms with Crippen molar-refractivity contribution in [1.29, 1.82) is 0 Å². The van der Waals surface area contributed by atoms with Gasteiger partial charge in [-0.05, 0) is 30.7 Å². The van der Waals surface area contributed by atoms with Gasteiger partial charge in [0.1, 0.15) is 12.4 Å². The first-order valence-electron chi connectivity index (χ1n) is 5.77. The molecule has 1 atom stereocenters. The smallest absolute Gasteiger partial charge is 0.335 e. The van der Waals surface area contributed by atoms with E-state index in [2.05, 4.69) is 6.92 Å². The van der Waals surface area contributed by atoms with Crippen molar-refractivity contribution in [3.63, 3.8) is 0 Å². The van der Waals surface area contributed by atoms with Crippen LogP contribution < -0.4 is 4.74 Å². The molecule has 0 spiro atoms. The molecule has 0 saturated heterocycles. The van der Waals surface area contributed by atoms with Crippen molar-refractivity contribution in [2.45, 2.75) is 32.3 Å². The normalized spacial score (nSPS) is 12.1. The molecule has 4 nitrogen and oxygen atoms in total. The molecule has 0 bridgehead atoms. The fourth-order valence-electron chi connectivity index (χ4n) is 1.41. The summed E-state index contributed by atoms with van der Waals surface area (Å²) in [5, 5.41) is 18.3. The number of hydrogen-bond acceptors (Lipinski definition) is 3. The minimum atomic E-state index is -0.959. The van der Waals surface area contributed by atoms with Crippen molar-refractivity contribution in [2.24, 2.45) is 0 Å². The molecule has 0 fully saturated rings. The van der Waals surface area contributed by atoms with Crippen LogP contribution >= 0.6 is 0 Å². The summed E-state index contributed by atoms with van der Waals surface area (Å²) < 4.78 is 5.36. The molecule has 17 heavy (non-hydrogen) atoms. The second kappa shape index (κ2) is 6.91. The lowest BCUT2D eigenvalue weighted by atomic mass is 10.2. The molecule has 1 unspecified atom stereocenters. The molecule has 94 valence electrons. The molecular formula is C13H18O4. The minimum Gasteiger partial charge on any atom is -0.491 e. The summed E-state index contributed by atoms with van der Waals surface area (Å²) >= 11 is 0. The first-order valence-corrected chi connectivity index (χ1v) is 5.77. The molecule has 0 aliphatic heterocycles. The first-order chi connectivity index (χ1) is 8.13. The maximum atomic E-state index is 10.6. The van der Waals surface area contributed by atoms with Crippen LogP contribution in [-0.2, 0) is 0 Å². The van der Waals surface area contributed by atoms with Crippen molar-refractivity contribution < 1.29 is 19.7 Å². The lowest BCUT2D eigenvalue weighted by Gasteiger charge is -2.11. The van der Waals surface area contributed by atoms with E-state index < -0.39 is 12.1 Å². The number of carbonyl (C=O) groups is 1. The van der Waals surface area contributed by atoms with Crippen LogP contribution in [0.15, 0.2) is 24.3 Å². The van der Waals surface area contributed by atoms with Gasteiger partial charge in [-0.2, -0.15) is 0 Å². The molecule has 0 aliphatic carbocycles. The van der Waals surface area contributed by atoms with Gasteiger partial charge in [-0.3, -0.25) is 0 Å². The average molecular weight is 238 g/mol. The number of ether oxygens (including phenoxy) is 1. The Balaban J connectivity index is 2.39. The zero-order valence-corrected chi connectivity index (χ0v) is 9.93. The zero-order chi connectivity index (χ0) is 12.7. The van der Waals surface area contributed by atoms with Gasteiger partial charge in [0.05, 0.1) is 11.7 Å². The molecule has 0 aliphatic rings. The van der Waals surface area contributed by atoms with Crippen LogP contribution in [0.4, 0.5) is 0 Å². The summed E-state index contributed by atoms with van der Waals surface area (Å²) in [6.45, 7) is 2.31. The van der Waals surface area contributed by atoms with Crippen LogP contribution in [-0.4, -0.2) is 28.9 Å². The predicted octanol–water partition coefficient (Wildman–Crippen LogP) is 2.31. The number of rotatable bonds is 7. The Labute approximate surface area is 101 Å².